The number of nitrogens with zero attached hydrogens (tertiary/aromatic N) is 1. The Balaban J connectivity index is -0.0000000975. The minimum Gasteiger partial charge on any atom is -0.481 e. The summed E-state index contributed by atoms with van der Waals surface area (Å²) in [5, 5.41) is 33.7. The number of ether oxygens (including phenoxy) is 1. The lowest BCUT2D eigenvalue weighted by molar-refractivity contribution is -0.139. The number of amides is 2. The van der Waals surface area contributed by atoms with Crippen LogP contribution in [0.25, 0.3) is 0 Å². The lowest BCUT2D eigenvalue weighted by atomic mass is 10.2. The molecular formula is C20H29N3O9. The summed E-state index contributed by atoms with van der Waals surface area (Å²) in [5.41, 5.74) is 4.23. The fourth-order valence-corrected chi connectivity index (χ4v) is 0.609. The van der Waals surface area contributed by atoms with E-state index in [4.69, 9.17) is 20.6 Å². The molecule has 2 amide bonds. The molecule has 0 aromatic heterocycles. The highest BCUT2D eigenvalue weighted by Crippen LogP contribution is 1.95. The fraction of sp³-hybridized carbons (Fsp3) is 0.200. The van der Waals surface area contributed by atoms with Crippen molar-refractivity contribution in [3.63, 3.8) is 0 Å². The van der Waals surface area contributed by atoms with Crippen molar-refractivity contribution in [2.75, 3.05) is 13.3 Å². The molecule has 0 radical (unpaired) electrons. The van der Waals surface area contributed by atoms with Gasteiger partial charge in [0.25, 0.3) is 0 Å². The highest BCUT2D eigenvalue weighted by Gasteiger charge is 2.07. The van der Waals surface area contributed by atoms with Crippen LogP contribution in [0.2, 0.25) is 0 Å². The van der Waals surface area contributed by atoms with Gasteiger partial charge in [-0.15, -0.1) is 0 Å². The number of rotatable bonds is 8. The summed E-state index contributed by atoms with van der Waals surface area (Å²) in [6.07, 6.45) is 3.97. The molecular weight excluding hydrogens is 426 g/mol. The number of carbonyl (C=O) groups excluding carboxylic acids is 3. The highest BCUT2D eigenvalue weighted by molar-refractivity contribution is 5.91. The largest absolute Gasteiger partial charge is 0.481 e. The van der Waals surface area contributed by atoms with Crippen molar-refractivity contribution in [3.8, 4) is 6.07 Å². The van der Waals surface area contributed by atoms with Crippen LogP contribution in [0.15, 0.2) is 62.8 Å². The number of hydrogen-bond donors (Lipinski definition) is 5. The summed E-state index contributed by atoms with van der Waals surface area (Å²) in [7, 11) is 0. The second-order valence-corrected chi connectivity index (χ2v) is 4.28. The van der Waals surface area contributed by atoms with Gasteiger partial charge in [0.15, 0.2) is 0 Å². The zero-order valence-corrected chi connectivity index (χ0v) is 17.8. The van der Waals surface area contributed by atoms with Gasteiger partial charge in [0, 0.05) is 17.7 Å². The minimum atomic E-state index is -1.27. The minimum absolute atomic E-state index is 0.303. The van der Waals surface area contributed by atoms with E-state index in [2.05, 4.69) is 48.7 Å². The molecule has 12 nitrogen and oxygen atoms in total. The molecule has 0 aliphatic rings. The smallest absolute Gasteiger partial charge is 0.331 e. The Morgan fingerprint density at radius 3 is 1.59 bits per heavy atom. The second-order valence-electron chi connectivity index (χ2n) is 4.28. The first-order chi connectivity index (χ1) is 14.8. The Morgan fingerprint density at radius 2 is 1.50 bits per heavy atom. The number of aliphatic hydroxyl groups is 1. The summed E-state index contributed by atoms with van der Waals surface area (Å²) in [4.78, 5) is 49.2. The van der Waals surface area contributed by atoms with Crippen molar-refractivity contribution < 1.29 is 44.0 Å². The predicted molar refractivity (Wildman–Crippen MR) is 116 cm³/mol. The summed E-state index contributed by atoms with van der Waals surface area (Å²) in [5.74, 6) is -3.64. The first-order valence-corrected chi connectivity index (χ1v) is 8.20. The summed E-state index contributed by atoms with van der Waals surface area (Å²) in [6, 6.07) is 1.69. The van der Waals surface area contributed by atoms with Crippen molar-refractivity contribution in [1.29, 1.82) is 5.26 Å². The van der Waals surface area contributed by atoms with E-state index in [-0.39, 0.29) is 24.2 Å². The normalized spacial score (nSPS) is 7.16. The monoisotopic (exact) mass is 455 g/mol. The van der Waals surface area contributed by atoms with Crippen molar-refractivity contribution in [1.82, 2.24) is 5.32 Å². The quantitative estimate of drug-likeness (QED) is 0.147. The van der Waals surface area contributed by atoms with Crippen LogP contribution in [-0.2, 0) is 28.7 Å². The van der Waals surface area contributed by atoms with Crippen molar-refractivity contribution in [2.24, 2.45) is 5.73 Å². The van der Waals surface area contributed by atoms with Crippen molar-refractivity contribution in [3.05, 3.63) is 62.8 Å². The Kier molecular flexibility index (Phi) is 37.2. The number of nitrogens with one attached hydrogen (secondary N) is 1. The predicted octanol–water partition coefficient (Wildman–Crippen LogP) is 0.429. The molecule has 32 heavy (non-hydrogen) atoms. The van der Waals surface area contributed by atoms with Gasteiger partial charge in [-0.05, 0) is 19.1 Å². The maximum absolute atomic E-state index is 10.1. The van der Waals surface area contributed by atoms with Gasteiger partial charge >= 0.3 is 17.9 Å². The van der Waals surface area contributed by atoms with E-state index >= 15 is 0 Å². The summed E-state index contributed by atoms with van der Waals surface area (Å²) >= 11 is 0. The maximum atomic E-state index is 10.1. The van der Waals surface area contributed by atoms with Gasteiger partial charge in [0.2, 0.25) is 11.8 Å². The van der Waals surface area contributed by atoms with Crippen LogP contribution in [0.3, 0.4) is 0 Å². The highest BCUT2D eigenvalue weighted by atomic mass is 16.5. The molecule has 0 saturated heterocycles. The van der Waals surface area contributed by atoms with Gasteiger partial charge in [-0.1, -0.05) is 32.9 Å². The molecule has 178 valence electrons. The van der Waals surface area contributed by atoms with Crippen LogP contribution in [-0.4, -0.2) is 58.4 Å². The third-order valence-electron chi connectivity index (χ3n) is 1.85. The molecule has 0 rings (SSSR count). The Hall–Kier alpha value is -4.50. The standard InChI is InChI=1S/C5H6O4.C5H8O2.C4H7NO2.C3H5NO.C3H3N/c1-3(5(8)9)2-4(6)7;1-3-5(6)7-4-2;1-2-4(7)5-3-6;1-2-3(4)5;1-2-3-4/h1-2H2,(H,6,7)(H,8,9);3H,1,4H2,2H3;2,6H,1,3H2,(H,5,7);2H,1H2,(H2,4,5);2H,1H2. The number of nitrogens with two attached hydrogens (primary N) is 1. The van der Waals surface area contributed by atoms with Crippen LogP contribution in [0, 0.1) is 11.3 Å². The van der Waals surface area contributed by atoms with Gasteiger partial charge in [0.05, 0.1) is 19.1 Å². The molecule has 0 heterocycles. The number of aliphatic carboxylic acids is 2. The number of allylic oxidation sites excluding steroid dienone is 1. The third-order valence-corrected chi connectivity index (χ3v) is 1.85. The number of esters is 1. The molecule has 0 fully saturated rings. The van der Waals surface area contributed by atoms with Gasteiger partial charge in [0.1, 0.15) is 6.73 Å². The number of carboxylic acid groups (broad SMARTS) is 2. The first kappa shape index (κ1) is 38.1. The Morgan fingerprint density at radius 1 is 1.06 bits per heavy atom. The lowest BCUT2D eigenvalue weighted by Crippen LogP contribution is -2.20. The van der Waals surface area contributed by atoms with Gasteiger partial charge in [-0.3, -0.25) is 14.4 Å². The number of nitriles is 1. The van der Waals surface area contributed by atoms with Crippen LogP contribution < -0.4 is 11.1 Å². The molecule has 0 unspecified atom stereocenters. The zero-order valence-electron chi connectivity index (χ0n) is 17.8. The van der Waals surface area contributed by atoms with E-state index in [0.717, 1.165) is 18.2 Å². The van der Waals surface area contributed by atoms with Crippen LogP contribution in [0.5, 0.6) is 0 Å². The lowest BCUT2D eigenvalue weighted by Gasteiger charge is -1.91. The first-order valence-electron chi connectivity index (χ1n) is 8.20. The number of carbonyl (C=O) groups is 5. The molecule has 0 saturated carbocycles. The van der Waals surface area contributed by atoms with Crippen LogP contribution in [0.1, 0.15) is 13.3 Å². The van der Waals surface area contributed by atoms with E-state index in [0.29, 0.717) is 6.61 Å². The Labute approximate surface area is 186 Å². The maximum Gasteiger partial charge on any atom is 0.331 e. The van der Waals surface area contributed by atoms with Crippen LogP contribution in [0.4, 0.5) is 0 Å². The average molecular weight is 455 g/mol. The van der Waals surface area contributed by atoms with Crippen molar-refractivity contribution >= 4 is 29.7 Å². The fourth-order valence-electron chi connectivity index (χ4n) is 0.609. The molecule has 0 aromatic carbocycles. The Bertz CT molecular complexity index is 671. The van der Waals surface area contributed by atoms with E-state index in [1.165, 1.54) is 6.08 Å². The third kappa shape index (κ3) is 56.2. The molecule has 0 bridgehead atoms. The van der Waals surface area contributed by atoms with Gasteiger partial charge in [-0.25, -0.2) is 9.59 Å². The zero-order chi connectivity index (χ0) is 26.5. The summed E-state index contributed by atoms with van der Waals surface area (Å²) in [6.45, 7) is 17.4. The van der Waals surface area contributed by atoms with E-state index in [9.17, 15) is 24.0 Å². The number of carboxylic acids is 2. The number of primary amides is 1. The average Bonchev–Trinajstić information content (AvgIpc) is 2.74. The number of aliphatic hydroxyl groups excluding tert-OH is 1. The van der Waals surface area contributed by atoms with E-state index in [1.807, 2.05) is 0 Å². The van der Waals surface area contributed by atoms with Gasteiger partial charge in [-0.2, -0.15) is 5.26 Å². The molecule has 0 aliphatic carbocycles. The van der Waals surface area contributed by atoms with Crippen molar-refractivity contribution in [2.45, 2.75) is 13.3 Å². The molecule has 6 N–H and O–H groups in total. The molecule has 0 atom stereocenters. The van der Waals surface area contributed by atoms with E-state index < -0.39 is 24.3 Å². The second kappa shape index (κ2) is 31.2. The molecule has 0 aliphatic heterocycles. The van der Waals surface area contributed by atoms with Gasteiger partial charge < -0.3 is 31.1 Å². The SMILES string of the molecule is C=C(CC(=O)O)C(=O)O.C=CC#N.C=CC(=O)NCO.C=CC(=O)OCC.C=CC(N)=O. The summed E-state index contributed by atoms with van der Waals surface area (Å²) < 4.78 is 4.43. The number of hydrogen-bond acceptors (Lipinski definition) is 8. The molecule has 12 heteroatoms. The molecule has 0 spiro atoms. The van der Waals surface area contributed by atoms with Crippen LogP contribution >= 0.6 is 0 Å². The topological polar surface area (TPSA) is 217 Å². The van der Waals surface area contributed by atoms with E-state index in [1.54, 1.807) is 13.0 Å². The molecule has 0 aromatic rings.